The van der Waals surface area contributed by atoms with Gasteiger partial charge in [0.2, 0.25) is 0 Å². The summed E-state index contributed by atoms with van der Waals surface area (Å²) >= 11 is 5.67. The van der Waals surface area contributed by atoms with Gasteiger partial charge in [0.05, 0.1) is 0 Å². The fraction of sp³-hybridized carbons (Fsp3) is 0. The zero-order chi connectivity index (χ0) is 11.7. The predicted octanol–water partition coefficient (Wildman–Crippen LogP) is -1.42. The van der Waals surface area contributed by atoms with Crippen molar-refractivity contribution >= 4 is 30.0 Å². The van der Waals surface area contributed by atoms with E-state index in [1.165, 1.54) is 23.1 Å². The number of hydrogen-bond acceptors (Lipinski definition) is 6. The van der Waals surface area contributed by atoms with E-state index in [0.717, 1.165) is 0 Å². The summed E-state index contributed by atoms with van der Waals surface area (Å²) in [7, 11) is -1.58. The molecule has 9 heteroatoms. The van der Waals surface area contributed by atoms with Crippen LogP contribution in [-0.2, 0) is 0 Å². The maximum absolute atomic E-state index is 8.92. The lowest BCUT2D eigenvalue weighted by molar-refractivity contribution is 0.426. The topological polar surface area (TPSA) is 110 Å². The van der Waals surface area contributed by atoms with E-state index in [4.69, 9.17) is 27.4 Å². The van der Waals surface area contributed by atoms with Gasteiger partial charge in [-0.3, -0.25) is 0 Å². The second-order valence-corrected chi connectivity index (χ2v) is 3.42. The molecule has 82 valence electrons. The summed E-state index contributed by atoms with van der Waals surface area (Å²) < 4.78 is 1.34. The average Bonchev–Trinajstić information content (AvgIpc) is 2.70. The number of halogens is 1. The lowest BCUT2D eigenvalue weighted by Crippen LogP contribution is -2.28. The minimum absolute atomic E-state index is 0.145. The normalized spacial score (nSPS) is 10.4. The SMILES string of the molecule is Nc1nnc(Cl)cc1-n1cc(B(O)O)cn1. The zero-order valence-electron chi connectivity index (χ0n) is 7.95. The van der Waals surface area contributed by atoms with Crippen molar-refractivity contribution in [2.45, 2.75) is 0 Å². The number of nitrogens with two attached hydrogens (primary N) is 1. The van der Waals surface area contributed by atoms with E-state index in [1.807, 2.05) is 0 Å². The molecule has 0 saturated heterocycles. The summed E-state index contributed by atoms with van der Waals surface area (Å²) in [4.78, 5) is 0. The van der Waals surface area contributed by atoms with Gasteiger partial charge in [0.25, 0.3) is 0 Å². The second kappa shape index (κ2) is 4.09. The van der Waals surface area contributed by atoms with Crippen LogP contribution in [0.1, 0.15) is 0 Å². The van der Waals surface area contributed by atoms with Crippen LogP contribution in [0.3, 0.4) is 0 Å². The highest BCUT2D eigenvalue weighted by Gasteiger charge is 2.15. The molecule has 7 nitrogen and oxygen atoms in total. The number of rotatable bonds is 2. The molecule has 4 N–H and O–H groups in total. The van der Waals surface area contributed by atoms with E-state index >= 15 is 0 Å². The molecule has 0 bridgehead atoms. The summed E-state index contributed by atoms with van der Waals surface area (Å²) in [5.41, 5.74) is 6.25. The lowest BCUT2D eigenvalue weighted by Gasteiger charge is -2.03. The molecule has 2 heterocycles. The maximum Gasteiger partial charge on any atom is 0.491 e. The summed E-state index contributed by atoms with van der Waals surface area (Å²) in [5.74, 6) is 0.145. The van der Waals surface area contributed by atoms with Crippen molar-refractivity contribution < 1.29 is 10.0 Å². The largest absolute Gasteiger partial charge is 0.491 e. The van der Waals surface area contributed by atoms with Crippen molar-refractivity contribution in [1.82, 2.24) is 20.0 Å². The highest BCUT2D eigenvalue weighted by Crippen LogP contribution is 2.15. The number of nitrogens with zero attached hydrogens (tertiary/aromatic N) is 4. The summed E-state index contributed by atoms with van der Waals surface area (Å²) in [6.45, 7) is 0. The van der Waals surface area contributed by atoms with Gasteiger partial charge in [-0.15, -0.1) is 10.2 Å². The van der Waals surface area contributed by atoms with E-state index < -0.39 is 7.12 Å². The van der Waals surface area contributed by atoms with Crippen molar-refractivity contribution in [2.75, 3.05) is 5.73 Å². The first-order valence-corrected chi connectivity index (χ1v) is 4.65. The van der Waals surface area contributed by atoms with Crippen LogP contribution in [0.15, 0.2) is 18.5 Å². The Morgan fingerprint density at radius 2 is 2.12 bits per heavy atom. The molecule has 0 amide bonds. The molecule has 0 aliphatic rings. The highest BCUT2D eigenvalue weighted by atomic mass is 35.5. The molecule has 0 aliphatic carbocycles. The van der Waals surface area contributed by atoms with Gasteiger partial charge in [0, 0.05) is 23.9 Å². The van der Waals surface area contributed by atoms with Gasteiger partial charge in [0.1, 0.15) is 5.69 Å². The molecule has 2 aromatic heterocycles. The Morgan fingerprint density at radius 3 is 2.75 bits per heavy atom. The van der Waals surface area contributed by atoms with Crippen LogP contribution in [-0.4, -0.2) is 37.1 Å². The number of nitrogen functional groups attached to an aromatic ring is 1. The first kappa shape index (κ1) is 10.9. The van der Waals surface area contributed by atoms with Crippen LogP contribution in [0.5, 0.6) is 0 Å². The highest BCUT2D eigenvalue weighted by molar-refractivity contribution is 6.58. The monoisotopic (exact) mass is 239 g/mol. The molecule has 0 aromatic carbocycles. The van der Waals surface area contributed by atoms with Gasteiger partial charge in [-0.05, 0) is 0 Å². The lowest BCUT2D eigenvalue weighted by atomic mass is 9.83. The first-order chi connectivity index (χ1) is 7.58. The fourth-order valence-electron chi connectivity index (χ4n) is 1.15. The van der Waals surface area contributed by atoms with Gasteiger partial charge >= 0.3 is 7.12 Å². The molecule has 0 aliphatic heterocycles. The Hall–Kier alpha value is -1.64. The van der Waals surface area contributed by atoms with Crippen molar-refractivity contribution in [3.05, 3.63) is 23.6 Å². The quantitative estimate of drug-likeness (QED) is 0.555. The van der Waals surface area contributed by atoms with E-state index in [2.05, 4.69) is 15.3 Å². The number of anilines is 1. The Bertz CT molecular complexity index is 517. The molecule has 2 rings (SSSR count). The van der Waals surface area contributed by atoms with Crippen LogP contribution in [0, 0.1) is 0 Å². The van der Waals surface area contributed by atoms with Crippen molar-refractivity contribution in [3.63, 3.8) is 0 Å². The van der Waals surface area contributed by atoms with E-state index in [9.17, 15) is 0 Å². The fourth-order valence-corrected chi connectivity index (χ4v) is 1.29. The molecule has 0 atom stereocenters. The van der Waals surface area contributed by atoms with Crippen molar-refractivity contribution in [3.8, 4) is 5.69 Å². The van der Waals surface area contributed by atoms with Crippen LogP contribution in [0.25, 0.3) is 5.69 Å². The third kappa shape index (κ3) is 1.99. The maximum atomic E-state index is 8.92. The smallest absolute Gasteiger partial charge is 0.423 e. The minimum atomic E-state index is -1.58. The minimum Gasteiger partial charge on any atom is -0.423 e. The molecule has 16 heavy (non-hydrogen) atoms. The van der Waals surface area contributed by atoms with Crippen LogP contribution in [0.4, 0.5) is 5.82 Å². The number of aromatic nitrogens is 4. The molecule has 2 aromatic rings. The molecule has 0 radical (unpaired) electrons. The molecular weight excluding hydrogens is 232 g/mol. The standard InChI is InChI=1S/C7H7BClN5O2/c9-6-1-5(7(10)13-12-6)14-3-4(2-11-14)8(15)16/h1-3,15-16H,(H2,10,13). The second-order valence-electron chi connectivity index (χ2n) is 3.03. The van der Waals surface area contributed by atoms with Gasteiger partial charge in [-0.2, -0.15) is 5.10 Å². The predicted molar refractivity (Wildman–Crippen MR) is 58.4 cm³/mol. The van der Waals surface area contributed by atoms with Gasteiger partial charge < -0.3 is 15.8 Å². The summed E-state index contributed by atoms with van der Waals surface area (Å²) in [6.07, 6.45) is 2.72. The van der Waals surface area contributed by atoms with E-state index in [0.29, 0.717) is 5.69 Å². The Labute approximate surface area is 95.6 Å². The van der Waals surface area contributed by atoms with Gasteiger partial charge in [-0.1, -0.05) is 11.6 Å². The zero-order valence-corrected chi connectivity index (χ0v) is 8.70. The van der Waals surface area contributed by atoms with E-state index in [-0.39, 0.29) is 16.4 Å². The van der Waals surface area contributed by atoms with Gasteiger partial charge in [0.15, 0.2) is 11.0 Å². The Balaban J connectivity index is 2.46. The Kier molecular flexibility index (Phi) is 2.78. The molecule has 0 spiro atoms. The summed E-state index contributed by atoms with van der Waals surface area (Å²) in [6, 6.07) is 1.48. The number of hydrogen-bond donors (Lipinski definition) is 3. The average molecular weight is 239 g/mol. The van der Waals surface area contributed by atoms with Crippen molar-refractivity contribution in [1.29, 1.82) is 0 Å². The first-order valence-electron chi connectivity index (χ1n) is 4.27. The molecule has 0 unspecified atom stereocenters. The molecular formula is C7H7BClN5O2. The third-order valence-corrected chi connectivity index (χ3v) is 2.10. The van der Waals surface area contributed by atoms with Crippen molar-refractivity contribution in [2.24, 2.45) is 0 Å². The van der Waals surface area contributed by atoms with Gasteiger partial charge in [-0.25, -0.2) is 4.68 Å². The molecule has 0 saturated carbocycles. The van der Waals surface area contributed by atoms with Crippen LogP contribution >= 0.6 is 11.6 Å². The van der Waals surface area contributed by atoms with E-state index in [1.54, 1.807) is 0 Å². The Morgan fingerprint density at radius 1 is 1.38 bits per heavy atom. The van der Waals surface area contributed by atoms with Crippen LogP contribution in [0.2, 0.25) is 5.15 Å². The van der Waals surface area contributed by atoms with Crippen LogP contribution < -0.4 is 11.2 Å². The third-order valence-electron chi connectivity index (χ3n) is 1.92. The summed E-state index contributed by atoms with van der Waals surface area (Å²) in [5, 5.41) is 29.1. The molecule has 0 fully saturated rings.